The first kappa shape index (κ1) is 32.6. The minimum atomic E-state index is -1.26. The van der Waals surface area contributed by atoms with Gasteiger partial charge in [0.15, 0.2) is 0 Å². The van der Waals surface area contributed by atoms with E-state index in [0.29, 0.717) is 18.8 Å². The van der Waals surface area contributed by atoms with Gasteiger partial charge in [-0.1, -0.05) is 60.2 Å². The fourth-order valence-electron chi connectivity index (χ4n) is 4.21. The first-order valence-electron chi connectivity index (χ1n) is 13.3. The lowest BCUT2D eigenvalue weighted by Gasteiger charge is -2.34. The van der Waals surface area contributed by atoms with E-state index in [-0.39, 0.29) is 17.7 Å². The van der Waals surface area contributed by atoms with Gasteiger partial charge in [-0.25, -0.2) is 18.4 Å². The van der Waals surface area contributed by atoms with E-state index in [1.807, 2.05) is 24.3 Å². The quantitative estimate of drug-likeness (QED) is 0.271. The fourth-order valence-corrected chi connectivity index (χ4v) is 4.34. The summed E-state index contributed by atoms with van der Waals surface area (Å²) < 4.78 is 33.0. The van der Waals surface area contributed by atoms with Gasteiger partial charge in [0.25, 0.3) is 0 Å². The second kappa shape index (κ2) is 17.2. The lowest BCUT2D eigenvalue weighted by atomic mass is 10.0. The van der Waals surface area contributed by atoms with Crippen molar-refractivity contribution >= 4 is 29.6 Å². The molecule has 10 heteroatoms. The van der Waals surface area contributed by atoms with Crippen molar-refractivity contribution in [3.8, 4) is 0 Å². The normalized spacial score (nSPS) is 14.3. The summed E-state index contributed by atoms with van der Waals surface area (Å²) >= 11 is 5.93. The Bertz CT molecular complexity index is 1260. The van der Waals surface area contributed by atoms with Gasteiger partial charge >= 0.3 is 11.9 Å². The Kier molecular flexibility index (Phi) is 13.3. The highest BCUT2D eigenvalue weighted by Gasteiger charge is 2.18. The number of benzene rings is 3. The summed E-state index contributed by atoms with van der Waals surface area (Å²) in [5.41, 5.74) is 2.85. The minimum Gasteiger partial charge on any atom is -0.478 e. The molecule has 0 spiro atoms. The van der Waals surface area contributed by atoms with Gasteiger partial charge in [0.1, 0.15) is 17.7 Å². The summed E-state index contributed by atoms with van der Waals surface area (Å²) in [4.78, 5) is 23.9. The molecule has 0 bridgehead atoms. The van der Waals surface area contributed by atoms with Gasteiger partial charge in [-0.3, -0.25) is 9.80 Å². The Labute approximate surface area is 248 Å². The highest BCUT2D eigenvalue weighted by atomic mass is 35.5. The van der Waals surface area contributed by atoms with E-state index in [0.717, 1.165) is 61.0 Å². The van der Waals surface area contributed by atoms with Crippen LogP contribution in [0.5, 0.6) is 0 Å². The molecule has 0 radical (unpaired) electrons. The minimum absolute atomic E-state index is 0.289. The Balaban J connectivity index is 0.000000531. The summed E-state index contributed by atoms with van der Waals surface area (Å²) in [7, 11) is 0. The van der Waals surface area contributed by atoms with Crippen LogP contribution in [-0.2, 0) is 14.3 Å². The average Bonchev–Trinajstić information content (AvgIpc) is 2.98. The Morgan fingerprint density at radius 3 is 1.74 bits per heavy atom. The first-order chi connectivity index (χ1) is 20.2. The third kappa shape index (κ3) is 11.9. The van der Waals surface area contributed by atoms with Gasteiger partial charge < -0.3 is 14.9 Å². The van der Waals surface area contributed by atoms with Gasteiger partial charge in [-0.15, -0.1) is 0 Å². The monoisotopic (exact) mass is 598 g/mol. The summed E-state index contributed by atoms with van der Waals surface area (Å²) in [6, 6.07) is 20.4. The molecule has 1 fully saturated rings. The van der Waals surface area contributed by atoms with Crippen molar-refractivity contribution in [2.45, 2.75) is 6.10 Å². The van der Waals surface area contributed by atoms with E-state index in [1.54, 1.807) is 24.3 Å². The molecule has 7 nitrogen and oxygen atoms in total. The number of hydrogen-bond donors (Lipinski definition) is 2. The van der Waals surface area contributed by atoms with Gasteiger partial charge in [0.2, 0.25) is 0 Å². The summed E-state index contributed by atoms with van der Waals surface area (Å²) in [6.45, 7) is 6.24. The number of ether oxygens (including phenoxy) is 1. The van der Waals surface area contributed by atoms with Crippen LogP contribution < -0.4 is 0 Å². The molecule has 0 atom stereocenters. The highest BCUT2D eigenvalue weighted by molar-refractivity contribution is 6.30. The SMILES string of the molecule is Fc1ccc(C(OCCN2CCN(C/C=C/c3ccc(Cl)cc3)CC2)c2ccc(F)cc2)cc1.O=C(O)/C=C\C(=O)O. The van der Waals surface area contributed by atoms with Gasteiger partial charge in [0.05, 0.1) is 6.61 Å². The average molecular weight is 599 g/mol. The van der Waals surface area contributed by atoms with E-state index < -0.39 is 11.9 Å². The van der Waals surface area contributed by atoms with E-state index in [1.165, 1.54) is 24.3 Å². The van der Waals surface area contributed by atoms with Crippen molar-refractivity contribution in [2.24, 2.45) is 0 Å². The Morgan fingerprint density at radius 1 is 0.786 bits per heavy atom. The van der Waals surface area contributed by atoms with Crippen LogP contribution in [0.15, 0.2) is 91.0 Å². The van der Waals surface area contributed by atoms with Gasteiger partial charge in [0, 0.05) is 56.4 Å². The molecular formula is C32H33ClF2N2O5. The lowest BCUT2D eigenvalue weighted by molar-refractivity contribution is -0.134. The molecule has 1 aliphatic rings. The van der Waals surface area contributed by atoms with E-state index in [2.05, 4.69) is 22.0 Å². The Hall–Kier alpha value is -3.89. The molecule has 42 heavy (non-hydrogen) atoms. The molecule has 1 aliphatic heterocycles. The van der Waals surface area contributed by atoms with Crippen LogP contribution in [0.25, 0.3) is 6.08 Å². The predicted octanol–water partition coefficient (Wildman–Crippen LogP) is 5.77. The Morgan fingerprint density at radius 2 is 1.26 bits per heavy atom. The van der Waals surface area contributed by atoms with E-state index in [4.69, 9.17) is 26.6 Å². The molecule has 0 amide bonds. The van der Waals surface area contributed by atoms with Crippen LogP contribution in [0.3, 0.4) is 0 Å². The smallest absolute Gasteiger partial charge is 0.328 e. The molecule has 0 saturated carbocycles. The molecule has 222 valence electrons. The van der Waals surface area contributed by atoms with Gasteiger partial charge in [-0.05, 0) is 53.1 Å². The van der Waals surface area contributed by atoms with E-state index in [9.17, 15) is 18.4 Å². The molecule has 0 aromatic heterocycles. The maximum atomic E-state index is 13.4. The number of aliphatic carboxylic acids is 2. The molecule has 3 aromatic rings. The zero-order chi connectivity index (χ0) is 30.3. The van der Waals surface area contributed by atoms with Crippen LogP contribution in [0, 0.1) is 11.6 Å². The number of carboxylic acids is 2. The second-order valence-corrected chi connectivity index (χ2v) is 9.90. The number of halogens is 3. The number of carbonyl (C=O) groups is 2. The van der Waals surface area contributed by atoms with E-state index >= 15 is 0 Å². The molecule has 2 N–H and O–H groups in total. The number of carboxylic acid groups (broad SMARTS) is 2. The summed E-state index contributed by atoms with van der Waals surface area (Å²) in [5, 5.41) is 16.4. The molecule has 0 aliphatic carbocycles. The summed E-state index contributed by atoms with van der Waals surface area (Å²) in [6.07, 6.45) is 5.07. The lowest BCUT2D eigenvalue weighted by Crippen LogP contribution is -2.47. The van der Waals surface area contributed by atoms with Gasteiger partial charge in [-0.2, -0.15) is 0 Å². The largest absolute Gasteiger partial charge is 0.478 e. The number of rotatable bonds is 11. The molecule has 1 heterocycles. The maximum absolute atomic E-state index is 13.4. The predicted molar refractivity (Wildman–Crippen MR) is 158 cm³/mol. The number of nitrogens with zero attached hydrogens (tertiary/aromatic N) is 2. The van der Waals surface area contributed by atoms with Crippen molar-refractivity contribution in [1.29, 1.82) is 0 Å². The van der Waals surface area contributed by atoms with Crippen LogP contribution >= 0.6 is 11.6 Å². The van der Waals surface area contributed by atoms with Crippen LogP contribution in [-0.4, -0.2) is 77.8 Å². The van der Waals surface area contributed by atoms with Crippen molar-refractivity contribution in [3.05, 3.63) is 124 Å². The standard InChI is InChI=1S/C28H29ClF2N2O.C4H4O4/c29-25-9-3-22(4-10-25)2-1-15-32-16-18-33(19-17-32)20-21-34-28(23-5-11-26(30)12-6-23)24-7-13-27(31)14-8-24;5-3(6)1-2-4(7)8/h1-14,28H,15-21H2;1-2H,(H,5,6)(H,7,8)/b2-1+;2-1-. The maximum Gasteiger partial charge on any atom is 0.328 e. The van der Waals surface area contributed by atoms with Crippen LogP contribution in [0.1, 0.15) is 22.8 Å². The number of hydrogen-bond acceptors (Lipinski definition) is 5. The second-order valence-electron chi connectivity index (χ2n) is 9.46. The molecule has 4 rings (SSSR count). The zero-order valence-electron chi connectivity index (χ0n) is 22.9. The molecule has 1 saturated heterocycles. The zero-order valence-corrected chi connectivity index (χ0v) is 23.7. The highest BCUT2D eigenvalue weighted by Crippen LogP contribution is 2.26. The van der Waals surface area contributed by atoms with Crippen molar-refractivity contribution in [3.63, 3.8) is 0 Å². The third-order valence-electron chi connectivity index (χ3n) is 6.41. The summed E-state index contributed by atoms with van der Waals surface area (Å²) in [5.74, 6) is -3.09. The van der Waals surface area contributed by atoms with Crippen molar-refractivity contribution in [2.75, 3.05) is 45.9 Å². The van der Waals surface area contributed by atoms with Crippen LogP contribution in [0.4, 0.5) is 8.78 Å². The first-order valence-corrected chi connectivity index (χ1v) is 13.7. The third-order valence-corrected chi connectivity index (χ3v) is 6.67. The molecule has 0 unspecified atom stereocenters. The topological polar surface area (TPSA) is 90.3 Å². The molecule has 3 aromatic carbocycles. The van der Waals surface area contributed by atoms with Crippen molar-refractivity contribution in [1.82, 2.24) is 9.80 Å². The van der Waals surface area contributed by atoms with Crippen molar-refractivity contribution < 1.29 is 33.3 Å². The van der Waals surface area contributed by atoms with Crippen LogP contribution in [0.2, 0.25) is 5.02 Å². The number of piperazine rings is 1. The fraction of sp³-hybridized carbons (Fsp3) is 0.250. The molecular weight excluding hydrogens is 566 g/mol.